The molecule has 0 spiro atoms. The average Bonchev–Trinajstić information content (AvgIpc) is 3.38. The predicted molar refractivity (Wildman–Crippen MR) is 87.1 cm³/mol. The highest BCUT2D eigenvalue weighted by Gasteiger charge is 2.61. The first-order chi connectivity index (χ1) is 12.3. The molecule has 2 aliphatic rings. The lowest BCUT2D eigenvalue weighted by atomic mass is 9.71. The van der Waals surface area contributed by atoms with Crippen molar-refractivity contribution in [1.82, 2.24) is 4.98 Å². The largest absolute Gasteiger partial charge is 0.404 e. The minimum atomic E-state index is -4.79. The Morgan fingerprint density at radius 1 is 1.19 bits per heavy atom. The van der Waals surface area contributed by atoms with Crippen molar-refractivity contribution in [3.05, 3.63) is 57.8 Å². The molecule has 1 atom stereocenters. The maximum atomic E-state index is 14.4. The molecule has 4 rings (SSSR count). The van der Waals surface area contributed by atoms with E-state index in [2.05, 4.69) is 10.3 Å². The molecule has 8 heteroatoms. The summed E-state index contributed by atoms with van der Waals surface area (Å²) in [6, 6.07) is 4.33. The molecular formula is C18H16F4N2O2. The molecule has 2 N–H and O–H groups in total. The number of aromatic amines is 1. The van der Waals surface area contributed by atoms with Gasteiger partial charge in [0, 0.05) is 29.6 Å². The summed E-state index contributed by atoms with van der Waals surface area (Å²) in [5, 5.41) is 2.71. The number of rotatable bonds is 4. The summed E-state index contributed by atoms with van der Waals surface area (Å²) >= 11 is 0. The first-order valence-corrected chi connectivity index (χ1v) is 8.26. The molecule has 1 unspecified atom stereocenters. The van der Waals surface area contributed by atoms with Crippen LogP contribution in [0.1, 0.15) is 24.0 Å². The molecule has 1 aromatic heterocycles. The van der Waals surface area contributed by atoms with Crippen LogP contribution in [0.15, 0.2) is 35.3 Å². The highest BCUT2D eigenvalue weighted by atomic mass is 19.4. The highest BCUT2D eigenvalue weighted by Crippen LogP contribution is 2.53. The first-order valence-electron chi connectivity index (χ1n) is 8.26. The van der Waals surface area contributed by atoms with Gasteiger partial charge < -0.3 is 15.0 Å². The van der Waals surface area contributed by atoms with Crippen LogP contribution >= 0.6 is 0 Å². The molecule has 26 heavy (non-hydrogen) atoms. The van der Waals surface area contributed by atoms with Gasteiger partial charge in [-0.05, 0) is 43.0 Å². The smallest absolute Gasteiger partial charge is 0.380 e. The number of pyridine rings is 1. The third kappa shape index (κ3) is 2.59. The topological polar surface area (TPSA) is 54.1 Å². The van der Waals surface area contributed by atoms with Crippen molar-refractivity contribution in [3.8, 4) is 0 Å². The molecule has 4 nitrogen and oxygen atoms in total. The standard InChI is InChI=1S/C18H16F4N2O2/c19-11-3-4-14-13(7-11)17(18(20,21)22,9-26-8-10-1-2-10)12-5-6-23-16(25)15(12)24-14/h3-7,10,24H,1-2,8-9H2,(H,23,25). The second-order valence-electron chi connectivity index (χ2n) is 6.77. The number of H-pyrrole nitrogens is 1. The summed E-state index contributed by atoms with van der Waals surface area (Å²) in [5.74, 6) is -0.512. The number of fused-ring (bicyclic) bond motifs is 2. The van der Waals surface area contributed by atoms with E-state index in [9.17, 15) is 22.4 Å². The Labute approximate surface area is 146 Å². The number of benzene rings is 1. The fraction of sp³-hybridized carbons (Fsp3) is 0.389. The number of hydrogen-bond acceptors (Lipinski definition) is 3. The summed E-state index contributed by atoms with van der Waals surface area (Å²) in [6.45, 7) is -0.490. The number of hydrogen-bond donors (Lipinski definition) is 2. The van der Waals surface area contributed by atoms with Gasteiger partial charge >= 0.3 is 6.18 Å². The predicted octanol–water partition coefficient (Wildman–Crippen LogP) is 3.85. The van der Waals surface area contributed by atoms with Gasteiger partial charge in [-0.15, -0.1) is 0 Å². The van der Waals surface area contributed by atoms with E-state index in [0.29, 0.717) is 0 Å². The minimum Gasteiger partial charge on any atom is -0.380 e. The number of anilines is 2. The van der Waals surface area contributed by atoms with E-state index in [1.54, 1.807) is 0 Å². The second-order valence-corrected chi connectivity index (χ2v) is 6.77. The van der Waals surface area contributed by atoms with Crippen molar-refractivity contribution in [3.63, 3.8) is 0 Å². The van der Waals surface area contributed by atoms with E-state index in [1.807, 2.05) is 0 Å². The molecule has 138 valence electrons. The van der Waals surface area contributed by atoms with Crippen molar-refractivity contribution >= 4 is 11.4 Å². The van der Waals surface area contributed by atoms with E-state index in [1.165, 1.54) is 12.1 Å². The lowest BCUT2D eigenvalue weighted by Gasteiger charge is -2.41. The second kappa shape index (κ2) is 5.84. The molecular weight excluding hydrogens is 352 g/mol. The zero-order valence-corrected chi connectivity index (χ0v) is 13.6. The Morgan fingerprint density at radius 2 is 1.96 bits per heavy atom. The average molecular weight is 368 g/mol. The van der Waals surface area contributed by atoms with Gasteiger partial charge in [0.1, 0.15) is 16.9 Å². The Kier molecular flexibility index (Phi) is 3.83. The van der Waals surface area contributed by atoms with Crippen LogP contribution < -0.4 is 10.9 Å². The van der Waals surface area contributed by atoms with E-state index in [-0.39, 0.29) is 35.0 Å². The fourth-order valence-corrected chi connectivity index (χ4v) is 3.42. The molecule has 0 amide bonds. The van der Waals surface area contributed by atoms with E-state index < -0.39 is 29.6 Å². The molecule has 2 aromatic rings. The van der Waals surface area contributed by atoms with Crippen LogP contribution in [0.5, 0.6) is 0 Å². The van der Waals surface area contributed by atoms with Crippen LogP contribution in [0, 0.1) is 11.7 Å². The SMILES string of the molecule is O=c1[nH]ccc2c1Nc1ccc(F)cc1C2(COCC1CC1)C(F)(F)F. The Balaban J connectivity index is 1.93. The van der Waals surface area contributed by atoms with Gasteiger partial charge in [-0.25, -0.2) is 4.39 Å². The van der Waals surface area contributed by atoms with Crippen LogP contribution in [0.25, 0.3) is 0 Å². The zero-order valence-electron chi connectivity index (χ0n) is 13.6. The molecule has 1 saturated carbocycles. The van der Waals surface area contributed by atoms with Gasteiger partial charge in [0.2, 0.25) is 0 Å². The van der Waals surface area contributed by atoms with Gasteiger partial charge in [0.25, 0.3) is 5.56 Å². The summed E-state index contributed by atoms with van der Waals surface area (Å²) in [7, 11) is 0. The van der Waals surface area contributed by atoms with Crippen molar-refractivity contribution in [2.24, 2.45) is 5.92 Å². The van der Waals surface area contributed by atoms with Gasteiger partial charge in [0.05, 0.1) is 6.61 Å². The summed E-state index contributed by atoms with van der Waals surface area (Å²) in [5.41, 5.74) is -3.98. The normalized spacial score (nSPS) is 21.7. The van der Waals surface area contributed by atoms with Crippen LogP contribution in [-0.2, 0) is 10.2 Å². The van der Waals surface area contributed by atoms with Crippen LogP contribution in [-0.4, -0.2) is 24.4 Å². The number of alkyl halides is 3. The molecule has 1 fully saturated rings. The molecule has 0 bridgehead atoms. The molecule has 0 radical (unpaired) electrons. The Bertz CT molecular complexity index is 905. The van der Waals surface area contributed by atoms with Gasteiger partial charge in [0.15, 0.2) is 0 Å². The Hall–Kier alpha value is -2.35. The van der Waals surface area contributed by atoms with Crippen molar-refractivity contribution in [1.29, 1.82) is 0 Å². The fourth-order valence-electron chi connectivity index (χ4n) is 3.42. The van der Waals surface area contributed by atoms with Gasteiger partial charge in [-0.1, -0.05) is 0 Å². The third-order valence-electron chi connectivity index (χ3n) is 4.97. The highest BCUT2D eigenvalue weighted by molar-refractivity contribution is 5.76. The summed E-state index contributed by atoms with van der Waals surface area (Å²) in [4.78, 5) is 14.5. The van der Waals surface area contributed by atoms with Crippen molar-refractivity contribution < 1.29 is 22.3 Å². The molecule has 1 aliphatic heterocycles. The molecule has 1 aliphatic carbocycles. The maximum Gasteiger partial charge on any atom is 0.404 e. The quantitative estimate of drug-likeness (QED) is 0.806. The lowest BCUT2D eigenvalue weighted by molar-refractivity contribution is -0.192. The van der Waals surface area contributed by atoms with E-state index in [0.717, 1.165) is 31.2 Å². The van der Waals surface area contributed by atoms with Gasteiger partial charge in [-0.2, -0.15) is 13.2 Å². The maximum absolute atomic E-state index is 14.4. The van der Waals surface area contributed by atoms with E-state index >= 15 is 0 Å². The molecule has 1 aromatic carbocycles. The minimum absolute atomic E-state index is 0.0444. The monoisotopic (exact) mass is 368 g/mol. The molecule has 0 saturated heterocycles. The molecule has 2 heterocycles. The number of halogens is 4. The first kappa shape index (κ1) is 17.1. The lowest BCUT2D eigenvalue weighted by Crippen LogP contribution is -2.50. The van der Waals surface area contributed by atoms with E-state index in [4.69, 9.17) is 4.74 Å². The van der Waals surface area contributed by atoms with Crippen LogP contribution in [0.3, 0.4) is 0 Å². The van der Waals surface area contributed by atoms with Crippen LogP contribution in [0.2, 0.25) is 0 Å². The number of nitrogens with one attached hydrogen (secondary N) is 2. The van der Waals surface area contributed by atoms with Crippen molar-refractivity contribution in [2.75, 3.05) is 18.5 Å². The van der Waals surface area contributed by atoms with Crippen molar-refractivity contribution in [2.45, 2.75) is 24.4 Å². The summed E-state index contributed by atoms with van der Waals surface area (Å²) in [6.07, 6.45) is -1.76. The number of aromatic nitrogens is 1. The van der Waals surface area contributed by atoms with Crippen LogP contribution in [0.4, 0.5) is 28.9 Å². The third-order valence-corrected chi connectivity index (χ3v) is 4.97. The summed E-state index contributed by atoms with van der Waals surface area (Å²) < 4.78 is 62.5. The van der Waals surface area contributed by atoms with Gasteiger partial charge in [-0.3, -0.25) is 4.79 Å². The zero-order chi connectivity index (χ0) is 18.5. The Morgan fingerprint density at radius 3 is 2.65 bits per heavy atom. The number of ether oxygens (including phenoxy) is 1.